The zero-order valence-electron chi connectivity index (χ0n) is 17.4. The summed E-state index contributed by atoms with van der Waals surface area (Å²) in [5, 5.41) is 13.7. The van der Waals surface area contributed by atoms with E-state index in [1.165, 1.54) is 21.9 Å². The molecule has 2 aliphatic heterocycles. The van der Waals surface area contributed by atoms with Crippen LogP contribution in [-0.2, 0) is 11.2 Å². The summed E-state index contributed by atoms with van der Waals surface area (Å²) in [4.78, 5) is 17.3. The number of hydrogen-bond acceptors (Lipinski definition) is 3. The molecule has 2 fully saturated rings. The number of carbonyl (C=O) groups excluding carboxylic acids is 1. The third kappa shape index (κ3) is 3.00. The SMILES string of the molecule is Cl.O=C1C[C@H](O)C2(CCN(C3Cc4cccc5cccc3c45)CC2)N1c1ccccc1. The van der Waals surface area contributed by atoms with Crippen molar-refractivity contribution >= 4 is 34.8 Å². The Bertz CT molecular complexity index is 1120. The number of amides is 1. The number of carbonyl (C=O) groups is 1. The van der Waals surface area contributed by atoms with Gasteiger partial charge in [-0.15, -0.1) is 12.4 Å². The van der Waals surface area contributed by atoms with Crippen LogP contribution in [0, 0.1) is 0 Å². The maximum Gasteiger partial charge on any atom is 0.230 e. The molecule has 160 valence electrons. The third-order valence-electron chi connectivity index (χ3n) is 7.60. The second kappa shape index (κ2) is 7.63. The van der Waals surface area contributed by atoms with Crippen molar-refractivity contribution < 1.29 is 9.90 Å². The summed E-state index contributed by atoms with van der Waals surface area (Å²) in [6.45, 7) is 1.78. The normalized spacial score (nSPS) is 24.7. The van der Waals surface area contributed by atoms with Crippen molar-refractivity contribution in [2.45, 2.75) is 43.4 Å². The molecular formula is C26H27ClN2O2. The zero-order chi connectivity index (χ0) is 20.3. The molecule has 3 aromatic carbocycles. The molecule has 1 N–H and O–H groups in total. The molecule has 3 aliphatic rings. The molecule has 2 saturated heterocycles. The van der Waals surface area contributed by atoms with E-state index < -0.39 is 11.6 Å². The zero-order valence-corrected chi connectivity index (χ0v) is 18.2. The number of rotatable bonds is 2. The number of aliphatic hydroxyl groups excluding tert-OH is 1. The number of likely N-dealkylation sites (tertiary alicyclic amines) is 1. The van der Waals surface area contributed by atoms with Crippen LogP contribution in [0.2, 0.25) is 0 Å². The Labute approximate surface area is 188 Å². The molecule has 5 heteroatoms. The maximum atomic E-state index is 12.8. The van der Waals surface area contributed by atoms with Crippen LogP contribution in [0.4, 0.5) is 5.69 Å². The number of para-hydroxylation sites is 1. The highest BCUT2D eigenvalue weighted by Gasteiger charge is 2.54. The van der Waals surface area contributed by atoms with Crippen molar-refractivity contribution in [2.75, 3.05) is 18.0 Å². The minimum absolute atomic E-state index is 0. The van der Waals surface area contributed by atoms with Crippen LogP contribution in [0.25, 0.3) is 10.8 Å². The number of aliphatic hydroxyl groups is 1. The number of halogens is 1. The maximum absolute atomic E-state index is 12.8. The monoisotopic (exact) mass is 434 g/mol. The summed E-state index contributed by atoms with van der Waals surface area (Å²) in [6.07, 6.45) is 2.28. The Morgan fingerprint density at radius 3 is 2.32 bits per heavy atom. The molecule has 1 amide bonds. The highest BCUT2D eigenvalue weighted by atomic mass is 35.5. The van der Waals surface area contributed by atoms with Gasteiger partial charge in [-0.05, 0) is 53.3 Å². The summed E-state index contributed by atoms with van der Waals surface area (Å²) >= 11 is 0. The topological polar surface area (TPSA) is 43.8 Å². The molecule has 6 rings (SSSR count). The molecule has 31 heavy (non-hydrogen) atoms. The Hall–Kier alpha value is -2.40. The first-order chi connectivity index (χ1) is 14.7. The molecule has 4 nitrogen and oxygen atoms in total. The average molecular weight is 435 g/mol. The Morgan fingerprint density at radius 2 is 1.58 bits per heavy atom. The van der Waals surface area contributed by atoms with E-state index in [-0.39, 0.29) is 24.7 Å². The van der Waals surface area contributed by atoms with E-state index in [2.05, 4.69) is 41.3 Å². The highest BCUT2D eigenvalue weighted by Crippen LogP contribution is 2.46. The van der Waals surface area contributed by atoms with E-state index in [1.54, 1.807) is 0 Å². The molecular weight excluding hydrogens is 408 g/mol. The molecule has 1 spiro atoms. The lowest BCUT2D eigenvalue weighted by atomic mass is 9.81. The Kier molecular flexibility index (Phi) is 5.04. The fourth-order valence-corrected chi connectivity index (χ4v) is 6.14. The number of anilines is 1. The molecule has 0 saturated carbocycles. The molecule has 2 heterocycles. The van der Waals surface area contributed by atoms with E-state index in [0.717, 1.165) is 38.0 Å². The first-order valence-corrected chi connectivity index (χ1v) is 11.0. The summed E-state index contributed by atoms with van der Waals surface area (Å²) in [7, 11) is 0. The summed E-state index contributed by atoms with van der Waals surface area (Å²) in [5.41, 5.74) is 3.30. The van der Waals surface area contributed by atoms with E-state index in [1.807, 2.05) is 35.2 Å². The van der Waals surface area contributed by atoms with Gasteiger partial charge in [-0.3, -0.25) is 9.69 Å². The van der Waals surface area contributed by atoms with Gasteiger partial charge in [-0.2, -0.15) is 0 Å². The summed E-state index contributed by atoms with van der Waals surface area (Å²) in [5.74, 6) is 0.0418. The first kappa shape index (κ1) is 20.5. The third-order valence-corrected chi connectivity index (χ3v) is 7.60. The fraction of sp³-hybridized carbons (Fsp3) is 0.346. The van der Waals surface area contributed by atoms with Crippen LogP contribution in [0.1, 0.15) is 36.4 Å². The fourth-order valence-electron chi connectivity index (χ4n) is 6.14. The number of benzene rings is 3. The van der Waals surface area contributed by atoms with Gasteiger partial charge in [0.1, 0.15) is 0 Å². The van der Waals surface area contributed by atoms with Crippen LogP contribution >= 0.6 is 12.4 Å². The molecule has 0 bridgehead atoms. The van der Waals surface area contributed by atoms with Crippen molar-refractivity contribution in [3.63, 3.8) is 0 Å². The quantitative estimate of drug-likeness (QED) is 0.646. The van der Waals surface area contributed by atoms with Crippen LogP contribution in [0.5, 0.6) is 0 Å². The van der Waals surface area contributed by atoms with Crippen LogP contribution < -0.4 is 4.90 Å². The minimum atomic E-state index is -0.600. The van der Waals surface area contributed by atoms with Gasteiger partial charge in [0.15, 0.2) is 0 Å². The lowest BCUT2D eigenvalue weighted by molar-refractivity contribution is -0.117. The molecule has 2 atom stereocenters. The molecule has 0 aromatic heterocycles. The Balaban J connectivity index is 0.00000204. The molecule has 1 aliphatic carbocycles. The number of nitrogens with zero attached hydrogens (tertiary/aromatic N) is 2. The first-order valence-electron chi connectivity index (χ1n) is 11.0. The van der Waals surface area contributed by atoms with Crippen LogP contribution in [-0.4, -0.2) is 40.6 Å². The van der Waals surface area contributed by atoms with E-state index >= 15 is 0 Å². The lowest BCUT2D eigenvalue weighted by Gasteiger charge is -2.47. The van der Waals surface area contributed by atoms with Gasteiger partial charge in [-0.25, -0.2) is 0 Å². The number of piperidine rings is 1. The number of hydrogen-bond donors (Lipinski definition) is 1. The smallest absolute Gasteiger partial charge is 0.230 e. The predicted octanol–water partition coefficient (Wildman–Crippen LogP) is 4.49. The van der Waals surface area contributed by atoms with Crippen molar-refractivity contribution in [1.82, 2.24) is 4.90 Å². The second-order valence-electron chi connectivity index (χ2n) is 9.01. The molecule has 3 aromatic rings. The largest absolute Gasteiger partial charge is 0.390 e. The van der Waals surface area contributed by atoms with Crippen molar-refractivity contribution in [3.05, 3.63) is 77.9 Å². The standard InChI is InChI=1S/C26H26N2O2.ClH/c29-23-17-24(30)28(20-9-2-1-3-10-20)26(23)12-14-27(15-13-26)22-16-19-8-4-6-18-7-5-11-21(22)25(18)19;/h1-11,22-23,29H,12-17H2;1H/t22?,23-;/m0./s1. The molecule has 0 radical (unpaired) electrons. The lowest BCUT2D eigenvalue weighted by Crippen LogP contribution is -2.58. The molecule has 1 unspecified atom stereocenters. The van der Waals surface area contributed by atoms with Gasteiger partial charge >= 0.3 is 0 Å². The van der Waals surface area contributed by atoms with Gasteiger partial charge in [0, 0.05) is 24.8 Å². The van der Waals surface area contributed by atoms with E-state index in [9.17, 15) is 9.90 Å². The average Bonchev–Trinajstić information content (AvgIpc) is 3.26. The summed E-state index contributed by atoms with van der Waals surface area (Å²) < 4.78 is 0. The van der Waals surface area contributed by atoms with Gasteiger partial charge in [0.25, 0.3) is 0 Å². The van der Waals surface area contributed by atoms with Gasteiger partial charge in [0.2, 0.25) is 5.91 Å². The van der Waals surface area contributed by atoms with Crippen LogP contribution in [0.3, 0.4) is 0 Å². The van der Waals surface area contributed by atoms with Crippen molar-refractivity contribution in [2.24, 2.45) is 0 Å². The minimum Gasteiger partial charge on any atom is -0.390 e. The summed E-state index contributed by atoms with van der Waals surface area (Å²) in [6, 6.07) is 23.5. The van der Waals surface area contributed by atoms with E-state index in [4.69, 9.17) is 0 Å². The van der Waals surface area contributed by atoms with E-state index in [0.29, 0.717) is 6.04 Å². The van der Waals surface area contributed by atoms with Gasteiger partial charge < -0.3 is 10.0 Å². The second-order valence-corrected chi connectivity index (χ2v) is 9.01. The Morgan fingerprint density at radius 1 is 0.871 bits per heavy atom. The highest BCUT2D eigenvalue weighted by molar-refractivity contribution is 5.98. The van der Waals surface area contributed by atoms with Gasteiger partial charge in [-0.1, -0.05) is 54.6 Å². The predicted molar refractivity (Wildman–Crippen MR) is 126 cm³/mol. The van der Waals surface area contributed by atoms with Crippen molar-refractivity contribution in [3.8, 4) is 0 Å². The van der Waals surface area contributed by atoms with Crippen LogP contribution in [0.15, 0.2) is 66.7 Å². The van der Waals surface area contributed by atoms with Gasteiger partial charge in [0.05, 0.1) is 18.1 Å². The van der Waals surface area contributed by atoms with Crippen molar-refractivity contribution in [1.29, 1.82) is 0 Å².